The number of nitrogens with zero attached hydrogens (tertiary/aromatic N) is 2. The summed E-state index contributed by atoms with van der Waals surface area (Å²) in [5.41, 5.74) is 3.25. The molecule has 0 atom stereocenters. The fourth-order valence-electron chi connectivity index (χ4n) is 1.93. The summed E-state index contributed by atoms with van der Waals surface area (Å²) in [6.45, 7) is 5.70. The van der Waals surface area contributed by atoms with E-state index in [1.807, 2.05) is 35.9 Å². The zero-order valence-electron chi connectivity index (χ0n) is 11.4. The number of ether oxygens (including phenoxy) is 1. The third-order valence-corrected chi connectivity index (χ3v) is 4.03. The lowest BCUT2D eigenvalue weighted by atomic mass is 10.3. The molecule has 2 aromatic rings. The zero-order valence-corrected chi connectivity index (χ0v) is 13.0. The van der Waals surface area contributed by atoms with Crippen LogP contribution < -0.4 is 10.1 Å². The van der Waals surface area contributed by atoms with Crippen LogP contribution in [0.5, 0.6) is 5.75 Å². The molecule has 0 saturated heterocycles. The van der Waals surface area contributed by atoms with Crippen molar-refractivity contribution in [1.82, 2.24) is 9.78 Å². The Bertz CT molecular complexity index is 549. The van der Waals surface area contributed by atoms with Crippen LogP contribution in [0, 0.1) is 6.92 Å². The molecule has 0 spiro atoms. The van der Waals surface area contributed by atoms with E-state index in [4.69, 9.17) is 4.74 Å². The largest absolute Gasteiger partial charge is 0.497 e. The van der Waals surface area contributed by atoms with Crippen molar-refractivity contribution in [3.8, 4) is 5.75 Å². The van der Waals surface area contributed by atoms with Crippen molar-refractivity contribution in [2.75, 3.05) is 12.4 Å². The standard InChI is InChI=1S/C14H18BrN3O/c1-4-18-13(14(15)10(2)17-18)9-16-11-5-7-12(19-3)8-6-11/h5-8,16H,4,9H2,1-3H3. The number of methoxy groups -OCH3 is 1. The second-order valence-electron chi connectivity index (χ2n) is 4.24. The van der Waals surface area contributed by atoms with Crippen LogP contribution >= 0.6 is 15.9 Å². The fourth-order valence-corrected chi connectivity index (χ4v) is 2.36. The minimum Gasteiger partial charge on any atom is -0.497 e. The Morgan fingerprint density at radius 1 is 1.32 bits per heavy atom. The maximum atomic E-state index is 5.14. The number of anilines is 1. The van der Waals surface area contributed by atoms with E-state index in [0.29, 0.717) is 0 Å². The normalized spacial score (nSPS) is 10.5. The molecule has 0 aliphatic carbocycles. The van der Waals surface area contributed by atoms with Gasteiger partial charge in [0.05, 0.1) is 29.5 Å². The van der Waals surface area contributed by atoms with Crippen LogP contribution in [0.15, 0.2) is 28.7 Å². The molecule has 1 heterocycles. The molecular weight excluding hydrogens is 306 g/mol. The average Bonchev–Trinajstić information content (AvgIpc) is 2.72. The minimum absolute atomic E-state index is 0.738. The average molecular weight is 324 g/mol. The Labute approximate surface area is 121 Å². The lowest BCUT2D eigenvalue weighted by molar-refractivity contribution is 0.415. The zero-order chi connectivity index (χ0) is 13.8. The van der Waals surface area contributed by atoms with Crippen LogP contribution in [0.25, 0.3) is 0 Å². The lowest BCUT2D eigenvalue weighted by Crippen LogP contribution is -2.08. The molecule has 1 aromatic heterocycles. The van der Waals surface area contributed by atoms with Crippen molar-refractivity contribution in [3.05, 3.63) is 40.1 Å². The summed E-state index contributed by atoms with van der Waals surface area (Å²) in [6.07, 6.45) is 0. The monoisotopic (exact) mass is 323 g/mol. The molecule has 19 heavy (non-hydrogen) atoms. The van der Waals surface area contributed by atoms with E-state index in [0.717, 1.165) is 40.4 Å². The Balaban J connectivity index is 2.09. The van der Waals surface area contributed by atoms with Crippen molar-refractivity contribution in [1.29, 1.82) is 0 Å². The molecule has 0 amide bonds. The Kier molecular flexibility index (Phi) is 4.47. The minimum atomic E-state index is 0.738. The highest BCUT2D eigenvalue weighted by atomic mass is 79.9. The number of rotatable bonds is 5. The SMILES string of the molecule is CCn1nc(C)c(Br)c1CNc1ccc(OC)cc1. The molecule has 0 bridgehead atoms. The highest BCUT2D eigenvalue weighted by Crippen LogP contribution is 2.22. The van der Waals surface area contributed by atoms with Crippen LogP contribution in [0.4, 0.5) is 5.69 Å². The van der Waals surface area contributed by atoms with Crippen molar-refractivity contribution in [3.63, 3.8) is 0 Å². The van der Waals surface area contributed by atoms with Gasteiger partial charge >= 0.3 is 0 Å². The van der Waals surface area contributed by atoms with Gasteiger partial charge in [-0.25, -0.2) is 0 Å². The lowest BCUT2D eigenvalue weighted by Gasteiger charge is -2.09. The second kappa shape index (κ2) is 6.10. The Morgan fingerprint density at radius 2 is 2.00 bits per heavy atom. The predicted molar refractivity (Wildman–Crippen MR) is 80.7 cm³/mol. The van der Waals surface area contributed by atoms with Gasteiger partial charge in [-0.1, -0.05) is 0 Å². The summed E-state index contributed by atoms with van der Waals surface area (Å²) in [5, 5.41) is 7.87. The van der Waals surface area contributed by atoms with Gasteiger partial charge in [0.25, 0.3) is 0 Å². The third kappa shape index (κ3) is 3.10. The van der Waals surface area contributed by atoms with Crippen LogP contribution in [0.3, 0.4) is 0 Å². The summed E-state index contributed by atoms with van der Waals surface area (Å²) in [5.74, 6) is 0.862. The number of halogens is 1. The quantitative estimate of drug-likeness (QED) is 0.913. The van der Waals surface area contributed by atoms with Crippen LogP contribution in [-0.4, -0.2) is 16.9 Å². The van der Waals surface area contributed by atoms with Crippen LogP contribution in [-0.2, 0) is 13.1 Å². The van der Waals surface area contributed by atoms with Gasteiger partial charge in [-0.15, -0.1) is 0 Å². The highest BCUT2D eigenvalue weighted by molar-refractivity contribution is 9.10. The summed E-state index contributed by atoms with van der Waals surface area (Å²) in [4.78, 5) is 0. The van der Waals surface area contributed by atoms with Gasteiger partial charge in [-0.05, 0) is 54.0 Å². The van der Waals surface area contributed by atoms with E-state index in [1.54, 1.807) is 7.11 Å². The van der Waals surface area contributed by atoms with E-state index in [9.17, 15) is 0 Å². The summed E-state index contributed by atoms with van der Waals surface area (Å²) < 4.78 is 8.23. The first-order valence-electron chi connectivity index (χ1n) is 6.25. The fraction of sp³-hybridized carbons (Fsp3) is 0.357. The summed E-state index contributed by atoms with van der Waals surface area (Å²) >= 11 is 3.59. The molecule has 0 unspecified atom stereocenters. The molecule has 0 fully saturated rings. The number of aromatic nitrogens is 2. The smallest absolute Gasteiger partial charge is 0.119 e. The maximum Gasteiger partial charge on any atom is 0.119 e. The molecule has 0 saturated carbocycles. The maximum absolute atomic E-state index is 5.14. The van der Waals surface area contributed by atoms with E-state index >= 15 is 0 Å². The Hall–Kier alpha value is -1.49. The molecule has 2 rings (SSSR count). The molecule has 0 aliphatic rings. The van der Waals surface area contributed by atoms with E-state index in [1.165, 1.54) is 0 Å². The second-order valence-corrected chi connectivity index (χ2v) is 5.04. The topological polar surface area (TPSA) is 39.1 Å². The highest BCUT2D eigenvalue weighted by Gasteiger charge is 2.11. The van der Waals surface area contributed by atoms with Crippen molar-refractivity contribution in [2.45, 2.75) is 26.9 Å². The number of aryl methyl sites for hydroxylation is 2. The van der Waals surface area contributed by atoms with Gasteiger partial charge in [0, 0.05) is 12.2 Å². The van der Waals surface area contributed by atoms with Crippen molar-refractivity contribution in [2.24, 2.45) is 0 Å². The third-order valence-electron chi connectivity index (χ3n) is 3.00. The number of hydrogen-bond donors (Lipinski definition) is 1. The molecule has 0 radical (unpaired) electrons. The molecular formula is C14H18BrN3O. The van der Waals surface area contributed by atoms with E-state index in [2.05, 4.69) is 33.3 Å². The number of nitrogens with one attached hydrogen (secondary N) is 1. The van der Waals surface area contributed by atoms with Gasteiger partial charge in [-0.3, -0.25) is 4.68 Å². The van der Waals surface area contributed by atoms with Gasteiger partial charge in [0.15, 0.2) is 0 Å². The summed E-state index contributed by atoms with van der Waals surface area (Å²) in [6, 6.07) is 7.90. The summed E-state index contributed by atoms with van der Waals surface area (Å²) in [7, 11) is 1.67. The van der Waals surface area contributed by atoms with Gasteiger partial charge in [-0.2, -0.15) is 5.10 Å². The molecule has 1 N–H and O–H groups in total. The molecule has 0 aliphatic heterocycles. The molecule has 102 valence electrons. The van der Waals surface area contributed by atoms with Crippen LogP contribution in [0.2, 0.25) is 0 Å². The van der Waals surface area contributed by atoms with E-state index < -0.39 is 0 Å². The molecule has 5 heteroatoms. The Morgan fingerprint density at radius 3 is 2.58 bits per heavy atom. The van der Waals surface area contributed by atoms with Gasteiger partial charge in [0.1, 0.15) is 5.75 Å². The number of hydrogen-bond acceptors (Lipinski definition) is 3. The van der Waals surface area contributed by atoms with Crippen molar-refractivity contribution >= 4 is 21.6 Å². The first-order valence-corrected chi connectivity index (χ1v) is 7.04. The first-order chi connectivity index (χ1) is 9.15. The van der Waals surface area contributed by atoms with Gasteiger partial charge < -0.3 is 10.1 Å². The van der Waals surface area contributed by atoms with Gasteiger partial charge in [0.2, 0.25) is 0 Å². The molecule has 1 aromatic carbocycles. The predicted octanol–water partition coefficient (Wildman–Crippen LogP) is 3.59. The van der Waals surface area contributed by atoms with E-state index in [-0.39, 0.29) is 0 Å². The molecule has 4 nitrogen and oxygen atoms in total. The number of benzene rings is 1. The first kappa shape index (κ1) is 13.9. The van der Waals surface area contributed by atoms with Crippen molar-refractivity contribution < 1.29 is 4.74 Å². The van der Waals surface area contributed by atoms with Crippen LogP contribution in [0.1, 0.15) is 18.3 Å².